The van der Waals surface area contributed by atoms with Crippen molar-refractivity contribution in [1.82, 2.24) is 10.2 Å². The number of hydrogen-bond donors (Lipinski definition) is 6. The zero-order valence-electron chi connectivity index (χ0n) is 29.5. The summed E-state index contributed by atoms with van der Waals surface area (Å²) in [5, 5.41) is 29.8. The molecule has 13 nitrogen and oxygen atoms in total. The van der Waals surface area contributed by atoms with Crippen molar-refractivity contribution in [3.05, 3.63) is 101 Å². The molecular weight excluding hydrogens is 722 g/mol. The first-order valence-electron chi connectivity index (χ1n) is 17.1. The quantitative estimate of drug-likeness (QED) is 0.0792. The molecule has 0 radical (unpaired) electrons. The van der Waals surface area contributed by atoms with E-state index in [0.29, 0.717) is 65.7 Å². The number of rotatable bonds is 15. The van der Waals surface area contributed by atoms with Crippen molar-refractivity contribution in [2.75, 3.05) is 54.9 Å². The van der Waals surface area contributed by atoms with Crippen LogP contribution in [0.2, 0.25) is 5.02 Å². The average molecular weight is 766 g/mol. The highest BCUT2D eigenvalue weighted by atomic mass is 35.5. The molecule has 0 aliphatic carbocycles. The fourth-order valence-electron chi connectivity index (χ4n) is 6.00. The normalized spacial score (nSPS) is 14.3. The van der Waals surface area contributed by atoms with Gasteiger partial charge in [0, 0.05) is 56.3 Å². The zero-order chi connectivity index (χ0) is 38.0. The van der Waals surface area contributed by atoms with Crippen LogP contribution in [-0.4, -0.2) is 81.2 Å². The summed E-state index contributed by atoms with van der Waals surface area (Å²) >= 11 is 6.54. The van der Waals surface area contributed by atoms with Gasteiger partial charge >= 0.3 is 6.09 Å². The number of benzene rings is 4. The molecule has 0 bridgehead atoms. The zero-order valence-corrected chi connectivity index (χ0v) is 31.0. The minimum Gasteiger partial charge on any atom is -0.506 e. The second-order valence-corrected chi connectivity index (χ2v) is 14.9. The molecule has 4 aromatic rings. The van der Waals surface area contributed by atoms with Crippen LogP contribution in [0.15, 0.2) is 84.9 Å². The van der Waals surface area contributed by atoms with Crippen LogP contribution in [0.25, 0.3) is 11.1 Å². The van der Waals surface area contributed by atoms with Crippen molar-refractivity contribution in [2.24, 2.45) is 0 Å². The van der Waals surface area contributed by atoms with E-state index in [4.69, 9.17) is 21.1 Å². The van der Waals surface area contributed by atoms with Crippen molar-refractivity contribution < 1.29 is 37.7 Å². The Balaban J connectivity index is 1.05. The van der Waals surface area contributed by atoms with Crippen molar-refractivity contribution in [1.29, 1.82) is 0 Å². The second-order valence-electron chi connectivity index (χ2n) is 12.7. The lowest BCUT2D eigenvalue weighted by molar-refractivity contribution is -0.116. The molecule has 1 aliphatic rings. The van der Waals surface area contributed by atoms with Gasteiger partial charge in [-0.3, -0.25) is 14.8 Å². The van der Waals surface area contributed by atoms with Gasteiger partial charge in [-0.25, -0.2) is 13.2 Å². The minimum atomic E-state index is -3.62. The van der Waals surface area contributed by atoms with Gasteiger partial charge < -0.3 is 35.2 Å². The third-order valence-electron chi connectivity index (χ3n) is 8.71. The van der Waals surface area contributed by atoms with E-state index in [1.165, 1.54) is 25.3 Å². The van der Waals surface area contributed by atoms with E-state index in [1.807, 2.05) is 54.6 Å². The van der Waals surface area contributed by atoms with Crippen LogP contribution in [0.5, 0.6) is 11.5 Å². The van der Waals surface area contributed by atoms with Crippen molar-refractivity contribution in [2.45, 2.75) is 38.0 Å². The third-order valence-corrected chi connectivity index (χ3v) is 9.61. The second kappa shape index (κ2) is 18.3. The lowest BCUT2D eigenvalue weighted by Gasteiger charge is -2.31. The van der Waals surface area contributed by atoms with Gasteiger partial charge in [0.05, 0.1) is 41.6 Å². The maximum Gasteiger partial charge on any atom is 0.411 e. The van der Waals surface area contributed by atoms with Gasteiger partial charge in [0.1, 0.15) is 17.6 Å². The predicted octanol–water partition coefficient (Wildman–Crippen LogP) is 5.96. The van der Waals surface area contributed by atoms with Crippen LogP contribution < -0.4 is 25.4 Å². The van der Waals surface area contributed by atoms with Gasteiger partial charge in [-0.15, -0.1) is 0 Å². The first-order chi connectivity index (χ1) is 25.4. The number of carbonyl (C=O) groups is 2. The maximum atomic E-state index is 12.9. The first kappa shape index (κ1) is 39.3. The topological polar surface area (TPSA) is 179 Å². The number of likely N-dealkylation sites (tertiary alicyclic amines) is 1. The Labute approximate surface area is 314 Å². The van der Waals surface area contributed by atoms with Gasteiger partial charge in [-0.05, 0) is 48.2 Å². The summed E-state index contributed by atoms with van der Waals surface area (Å²) in [5.41, 5.74) is 4.04. The number of phenols is 1. The van der Waals surface area contributed by atoms with Gasteiger partial charge in [0.15, 0.2) is 0 Å². The Hall–Kier alpha value is -4.86. The smallest absolute Gasteiger partial charge is 0.411 e. The Morgan fingerprint density at radius 1 is 0.943 bits per heavy atom. The molecule has 1 aliphatic heterocycles. The lowest BCUT2D eigenvalue weighted by Crippen LogP contribution is -2.39. The van der Waals surface area contributed by atoms with E-state index in [2.05, 4.69) is 25.6 Å². The number of methoxy groups -OCH3 is 1. The molecule has 1 fully saturated rings. The fraction of sp³-hybridized carbons (Fsp3) is 0.316. The highest BCUT2D eigenvalue weighted by Crippen LogP contribution is 2.32. The number of aliphatic hydroxyl groups excluding tert-OH is 1. The van der Waals surface area contributed by atoms with Gasteiger partial charge in [0.2, 0.25) is 15.9 Å². The summed E-state index contributed by atoms with van der Waals surface area (Å²) in [5.74, 6) is 0.00308. The number of carbonyl (C=O) groups excluding carboxylic acids is 2. The summed E-state index contributed by atoms with van der Waals surface area (Å²) in [6.45, 7) is 2.26. The Morgan fingerprint density at radius 2 is 1.66 bits per heavy atom. The third kappa shape index (κ3) is 11.6. The molecule has 53 heavy (non-hydrogen) atoms. The number of anilines is 3. The Morgan fingerprint density at radius 3 is 2.38 bits per heavy atom. The van der Waals surface area contributed by atoms with E-state index < -0.39 is 22.2 Å². The number of sulfonamides is 1. The predicted molar refractivity (Wildman–Crippen MR) is 206 cm³/mol. The summed E-state index contributed by atoms with van der Waals surface area (Å²) in [6.07, 6.45) is 0.779. The van der Waals surface area contributed by atoms with Gasteiger partial charge in [0.25, 0.3) is 0 Å². The number of phenolic OH excluding ortho intramolecular Hbond substituents is 1. The van der Waals surface area contributed by atoms with Crippen molar-refractivity contribution in [3.63, 3.8) is 0 Å². The number of piperidine rings is 1. The molecule has 282 valence electrons. The minimum absolute atomic E-state index is 0.0342. The molecule has 2 amide bonds. The average Bonchev–Trinajstić information content (AvgIpc) is 3.13. The number of aliphatic hydroxyl groups is 1. The van der Waals surface area contributed by atoms with E-state index in [-0.39, 0.29) is 43.0 Å². The maximum absolute atomic E-state index is 12.9. The Kier molecular flexibility index (Phi) is 13.6. The molecule has 15 heteroatoms. The summed E-state index contributed by atoms with van der Waals surface area (Å²) in [6, 6.07) is 24.9. The number of ether oxygens (including phenoxy) is 2. The molecule has 0 spiro atoms. The molecular formula is C38H44ClN5O8S. The van der Waals surface area contributed by atoms with Crippen molar-refractivity contribution >= 4 is 50.7 Å². The molecule has 0 saturated carbocycles. The standard InChI is InChI=1S/C38H44ClN5O8S/c1-51-36-22-32(30(39)20-27(36)23-40-24-35(46)26-12-13-34(45)33(21-26)43-53(2,49)50)41-37(47)16-19-44-17-14-28(15-18-44)52-38(48)42-31-11-7-6-10-29(31)25-8-4-3-5-9-25/h3-13,20-22,28,35,40,43,45-46H,14-19,23-24H2,1-2H3,(H,41,47)(H,42,48)/t35-/m0/s1. The van der Waals surface area contributed by atoms with Crippen LogP contribution in [0.4, 0.5) is 21.9 Å². The molecule has 4 aromatic carbocycles. The fourth-order valence-corrected chi connectivity index (χ4v) is 6.79. The SMILES string of the molecule is COc1cc(NC(=O)CCN2CCC(OC(=O)Nc3ccccc3-c3ccccc3)CC2)c(Cl)cc1CNC[C@H](O)c1ccc(O)c(NS(C)(=O)=O)c1. The number of para-hydroxylation sites is 1. The van der Waals surface area contributed by atoms with E-state index in [0.717, 1.165) is 17.4 Å². The van der Waals surface area contributed by atoms with Crippen LogP contribution in [0.1, 0.15) is 36.5 Å². The molecule has 6 N–H and O–H groups in total. The van der Waals surface area contributed by atoms with E-state index in [9.17, 15) is 28.2 Å². The summed E-state index contributed by atoms with van der Waals surface area (Å²) in [7, 11) is -2.12. The number of nitrogens with one attached hydrogen (secondary N) is 4. The van der Waals surface area contributed by atoms with Gasteiger partial charge in [-0.1, -0.05) is 66.2 Å². The van der Waals surface area contributed by atoms with Crippen LogP contribution in [0, 0.1) is 0 Å². The summed E-state index contributed by atoms with van der Waals surface area (Å²) < 4.78 is 36.7. The van der Waals surface area contributed by atoms with E-state index >= 15 is 0 Å². The van der Waals surface area contributed by atoms with Crippen LogP contribution in [-0.2, 0) is 26.1 Å². The van der Waals surface area contributed by atoms with E-state index in [1.54, 1.807) is 12.1 Å². The van der Waals surface area contributed by atoms with Gasteiger partial charge in [-0.2, -0.15) is 0 Å². The molecule has 1 atom stereocenters. The Bertz CT molecular complexity index is 1990. The molecule has 1 saturated heterocycles. The van der Waals surface area contributed by atoms with Crippen LogP contribution in [0.3, 0.4) is 0 Å². The molecule has 0 unspecified atom stereocenters. The highest BCUT2D eigenvalue weighted by Gasteiger charge is 2.23. The van der Waals surface area contributed by atoms with Crippen molar-refractivity contribution in [3.8, 4) is 22.6 Å². The molecule has 0 aromatic heterocycles. The lowest BCUT2D eigenvalue weighted by atomic mass is 10.0. The first-order valence-corrected chi connectivity index (χ1v) is 19.4. The number of aromatic hydroxyl groups is 1. The monoisotopic (exact) mass is 765 g/mol. The highest BCUT2D eigenvalue weighted by molar-refractivity contribution is 7.92. The number of amides is 2. The largest absolute Gasteiger partial charge is 0.506 e. The molecule has 5 rings (SSSR count). The summed E-state index contributed by atoms with van der Waals surface area (Å²) in [4.78, 5) is 27.8. The number of hydrogen-bond acceptors (Lipinski definition) is 10. The van der Waals surface area contributed by atoms with Crippen LogP contribution >= 0.6 is 11.6 Å². The molecule has 1 heterocycles. The number of halogens is 1. The number of nitrogens with zero attached hydrogens (tertiary/aromatic N) is 1.